The minimum atomic E-state index is 0.449. The fourth-order valence-electron chi connectivity index (χ4n) is 1.41. The van der Waals surface area contributed by atoms with Crippen molar-refractivity contribution in [1.29, 1.82) is 5.26 Å². The van der Waals surface area contributed by atoms with Gasteiger partial charge in [0.25, 0.3) is 0 Å². The number of halogens is 1. The van der Waals surface area contributed by atoms with Crippen molar-refractivity contribution in [3.63, 3.8) is 0 Å². The van der Waals surface area contributed by atoms with Gasteiger partial charge in [0.1, 0.15) is 11.8 Å². The van der Waals surface area contributed by atoms with Crippen molar-refractivity contribution in [1.82, 2.24) is 0 Å². The van der Waals surface area contributed by atoms with Gasteiger partial charge in [0.15, 0.2) is 0 Å². The summed E-state index contributed by atoms with van der Waals surface area (Å²) in [6.45, 7) is 5.02. The number of rotatable bonds is 5. The first-order chi connectivity index (χ1) is 7.71. The third kappa shape index (κ3) is 3.43. The summed E-state index contributed by atoms with van der Waals surface area (Å²) in [5, 5.41) is 9.18. The summed E-state index contributed by atoms with van der Waals surface area (Å²) < 4.78 is 5.64. The highest BCUT2D eigenvalue weighted by Crippen LogP contribution is 2.22. The second kappa shape index (κ2) is 6.40. The first-order valence-corrected chi connectivity index (χ1v) is 5.91. The molecular formula is C13H16ClNO. The monoisotopic (exact) mass is 237 g/mol. The van der Waals surface area contributed by atoms with Gasteiger partial charge in [0.05, 0.1) is 17.2 Å². The van der Waals surface area contributed by atoms with E-state index in [4.69, 9.17) is 21.6 Å². The molecule has 1 rings (SSSR count). The van der Waals surface area contributed by atoms with Gasteiger partial charge in [0.2, 0.25) is 0 Å². The number of ether oxygens (including phenoxy) is 1. The lowest BCUT2D eigenvalue weighted by molar-refractivity contribution is 0.240. The molecule has 2 nitrogen and oxygen atoms in total. The maximum atomic E-state index is 8.73. The van der Waals surface area contributed by atoms with Crippen molar-refractivity contribution in [2.45, 2.75) is 26.7 Å². The first-order valence-electron chi connectivity index (χ1n) is 5.53. The summed E-state index contributed by atoms with van der Waals surface area (Å²) in [4.78, 5) is 0. The summed E-state index contributed by atoms with van der Waals surface area (Å²) in [6.07, 6.45) is 2.22. The van der Waals surface area contributed by atoms with E-state index in [9.17, 15) is 0 Å². The fraction of sp³-hybridized carbons (Fsp3) is 0.462. The number of benzene rings is 1. The van der Waals surface area contributed by atoms with E-state index in [1.807, 2.05) is 6.07 Å². The maximum Gasteiger partial charge on any atom is 0.120 e. The standard InChI is InChI=1S/C13H16ClNO/c1-3-10(4-2)9-16-12-6-5-11(8-15)13(14)7-12/h5-7,10H,3-4,9H2,1-2H3. The molecule has 0 unspecified atom stereocenters. The molecule has 0 heterocycles. The van der Waals surface area contributed by atoms with Gasteiger partial charge in [-0.3, -0.25) is 0 Å². The molecule has 0 bridgehead atoms. The molecule has 0 atom stereocenters. The Hall–Kier alpha value is -1.20. The predicted octanol–water partition coefficient (Wildman–Crippen LogP) is 4.03. The molecule has 1 aromatic carbocycles. The molecule has 16 heavy (non-hydrogen) atoms. The topological polar surface area (TPSA) is 33.0 Å². The third-order valence-corrected chi connectivity index (χ3v) is 3.01. The summed E-state index contributed by atoms with van der Waals surface area (Å²) in [7, 11) is 0. The Morgan fingerprint density at radius 1 is 1.38 bits per heavy atom. The predicted molar refractivity (Wildman–Crippen MR) is 65.7 cm³/mol. The highest BCUT2D eigenvalue weighted by atomic mass is 35.5. The zero-order chi connectivity index (χ0) is 12.0. The van der Waals surface area contributed by atoms with Crippen molar-refractivity contribution in [2.24, 2.45) is 5.92 Å². The Bertz CT molecular complexity index is 380. The van der Waals surface area contributed by atoms with Crippen LogP contribution in [0.1, 0.15) is 32.3 Å². The molecule has 0 radical (unpaired) electrons. The molecule has 0 aliphatic carbocycles. The number of nitrogens with zero attached hydrogens (tertiary/aromatic N) is 1. The van der Waals surface area contributed by atoms with Crippen LogP contribution in [0, 0.1) is 17.2 Å². The quantitative estimate of drug-likeness (QED) is 0.775. The zero-order valence-corrected chi connectivity index (χ0v) is 10.4. The Morgan fingerprint density at radius 3 is 2.56 bits per heavy atom. The average molecular weight is 238 g/mol. The van der Waals surface area contributed by atoms with Crippen LogP contribution in [0.15, 0.2) is 18.2 Å². The van der Waals surface area contributed by atoms with E-state index in [-0.39, 0.29) is 0 Å². The molecule has 0 aliphatic rings. The van der Waals surface area contributed by atoms with E-state index in [1.54, 1.807) is 18.2 Å². The van der Waals surface area contributed by atoms with Crippen molar-refractivity contribution in [2.75, 3.05) is 6.61 Å². The van der Waals surface area contributed by atoms with Gasteiger partial charge in [-0.25, -0.2) is 0 Å². The van der Waals surface area contributed by atoms with E-state index in [2.05, 4.69) is 13.8 Å². The smallest absolute Gasteiger partial charge is 0.120 e. The highest BCUT2D eigenvalue weighted by molar-refractivity contribution is 6.31. The van der Waals surface area contributed by atoms with Crippen LogP contribution in [0.4, 0.5) is 0 Å². The zero-order valence-electron chi connectivity index (χ0n) is 9.66. The van der Waals surface area contributed by atoms with Gasteiger partial charge in [-0.15, -0.1) is 0 Å². The summed E-state index contributed by atoms with van der Waals surface area (Å²) in [6, 6.07) is 7.19. The largest absolute Gasteiger partial charge is 0.493 e. The van der Waals surface area contributed by atoms with Gasteiger partial charge >= 0.3 is 0 Å². The van der Waals surface area contributed by atoms with Crippen molar-refractivity contribution in [3.05, 3.63) is 28.8 Å². The van der Waals surface area contributed by atoms with Crippen molar-refractivity contribution < 1.29 is 4.74 Å². The van der Waals surface area contributed by atoms with Gasteiger partial charge in [-0.1, -0.05) is 38.3 Å². The Labute approximate surface area is 102 Å². The van der Waals surface area contributed by atoms with Gasteiger partial charge in [0, 0.05) is 6.07 Å². The van der Waals surface area contributed by atoms with Crippen LogP contribution in [0.2, 0.25) is 5.02 Å². The van der Waals surface area contributed by atoms with Crippen LogP contribution < -0.4 is 4.74 Å². The van der Waals surface area contributed by atoms with Gasteiger partial charge in [-0.2, -0.15) is 5.26 Å². The van der Waals surface area contributed by atoms with Crippen LogP contribution in [0.5, 0.6) is 5.75 Å². The van der Waals surface area contributed by atoms with E-state index >= 15 is 0 Å². The van der Waals surface area contributed by atoms with E-state index in [0.717, 1.165) is 18.6 Å². The third-order valence-electron chi connectivity index (χ3n) is 2.70. The molecule has 0 amide bonds. The van der Waals surface area contributed by atoms with Gasteiger partial charge < -0.3 is 4.74 Å². The second-order valence-corrected chi connectivity index (χ2v) is 4.15. The fourth-order valence-corrected chi connectivity index (χ4v) is 1.63. The summed E-state index contributed by atoms with van der Waals surface area (Å²) in [5.41, 5.74) is 0.483. The molecule has 0 N–H and O–H groups in total. The Morgan fingerprint density at radius 2 is 2.06 bits per heavy atom. The maximum absolute atomic E-state index is 8.73. The Kier molecular flexibility index (Phi) is 5.14. The molecule has 86 valence electrons. The number of nitriles is 1. The lowest BCUT2D eigenvalue weighted by Gasteiger charge is -2.13. The minimum Gasteiger partial charge on any atom is -0.493 e. The van der Waals surface area contributed by atoms with Crippen LogP contribution in [0.25, 0.3) is 0 Å². The Balaban J connectivity index is 2.62. The van der Waals surface area contributed by atoms with Crippen LogP contribution in [0.3, 0.4) is 0 Å². The normalized spacial score (nSPS) is 10.2. The van der Waals surface area contributed by atoms with Crippen LogP contribution >= 0.6 is 11.6 Å². The van der Waals surface area contributed by atoms with Crippen molar-refractivity contribution in [3.8, 4) is 11.8 Å². The minimum absolute atomic E-state index is 0.449. The summed E-state index contributed by atoms with van der Waals surface area (Å²) >= 11 is 5.91. The van der Waals surface area contributed by atoms with E-state index in [0.29, 0.717) is 23.1 Å². The lowest BCUT2D eigenvalue weighted by atomic mass is 10.1. The molecule has 3 heteroatoms. The molecule has 0 saturated heterocycles. The van der Waals surface area contributed by atoms with E-state index < -0.39 is 0 Å². The SMILES string of the molecule is CCC(CC)COc1ccc(C#N)c(Cl)c1. The molecule has 0 spiro atoms. The van der Waals surface area contributed by atoms with Gasteiger partial charge in [-0.05, 0) is 18.1 Å². The molecule has 1 aromatic rings. The molecule has 0 saturated carbocycles. The summed E-state index contributed by atoms with van der Waals surface area (Å²) in [5.74, 6) is 1.31. The van der Waals surface area contributed by atoms with Crippen LogP contribution in [-0.4, -0.2) is 6.61 Å². The highest BCUT2D eigenvalue weighted by Gasteiger charge is 2.06. The number of hydrogen-bond donors (Lipinski definition) is 0. The molecule has 0 aliphatic heterocycles. The van der Waals surface area contributed by atoms with Crippen molar-refractivity contribution >= 4 is 11.6 Å². The molecule has 0 aromatic heterocycles. The second-order valence-electron chi connectivity index (χ2n) is 3.75. The molecule has 0 fully saturated rings. The number of hydrogen-bond acceptors (Lipinski definition) is 2. The first kappa shape index (κ1) is 12.9. The average Bonchev–Trinajstić information content (AvgIpc) is 2.30. The van der Waals surface area contributed by atoms with Crippen LogP contribution in [-0.2, 0) is 0 Å². The molecular weight excluding hydrogens is 222 g/mol. The lowest BCUT2D eigenvalue weighted by Crippen LogP contribution is -2.10. The van der Waals surface area contributed by atoms with E-state index in [1.165, 1.54) is 0 Å².